The van der Waals surface area contributed by atoms with Gasteiger partial charge < -0.3 is 26.0 Å². The molecule has 8 nitrogen and oxygen atoms in total. The molecule has 2 aromatic rings. The molecule has 0 aliphatic carbocycles. The third-order valence-electron chi connectivity index (χ3n) is 3.49. The topological polar surface area (TPSA) is 105 Å². The number of carbonyl (C=O) groups is 1. The van der Waals surface area contributed by atoms with Crippen LogP contribution in [0, 0.1) is 0 Å². The number of ether oxygens (including phenoxy) is 1. The summed E-state index contributed by atoms with van der Waals surface area (Å²) >= 11 is 6.23. The molecule has 1 aromatic carbocycles. The SMILES string of the molecule is NC(=O)Oc1ccccc1Nc1ncc(Cl)c(N2CCNCC2)n1. The molecule has 1 amide bonds. The minimum absolute atomic E-state index is 0.298. The maximum absolute atomic E-state index is 11.0. The number of nitrogens with zero attached hydrogens (tertiary/aromatic N) is 3. The lowest BCUT2D eigenvalue weighted by atomic mass is 10.3. The van der Waals surface area contributed by atoms with Gasteiger partial charge in [0.2, 0.25) is 5.95 Å². The van der Waals surface area contributed by atoms with Crippen LogP contribution in [-0.2, 0) is 0 Å². The number of nitrogens with two attached hydrogens (primary N) is 1. The van der Waals surface area contributed by atoms with Crippen LogP contribution >= 0.6 is 11.6 Å². The Morgan fingerprint density at radius 2 is 2.08 bits per heavy atom. The van der Waals surface area contributed by atoms with Crippen LogP contribution in [0.25, 0.3) is 0 Å². The number of primary amides is 1. The van der Waals surface area contributed by atoms with E-state index in [4.69, 9.17) is 22.1 Å². The first-order chi connectivity index (χ1) is 11.6. The Morgan fingerprint density at radius 3 is 2.83 bits per heavy atom. The number of hydrogen-bond donors (Lipinski definition) is 3. The molecular weight excluding hydrogens is 332 g/mol. The van der Waals surface area contributed by atoms with E-state index in [1.165, 1.54) is 0 Å². The van der Waals surface area contributed by atoms with E-state index in [0.717, 1.165) is 26.2 Å². The smallest absolute Gasteiger partial charge is 0.408 e. The van der Waals surface area contributed by atoms with Crippen LogP contribution in [0.4, 0.5) is 22.2 Å². The summed E-state index contributed by atoms with van der Waals surface area (Å²) in [5.74, 6) is 1.32. The Balaban J connectivity index is 1.84. The quantitative estimate of drug-likeness (QED) is 0.772. The van der Waals surface area contributed by atoms with Gasteiger partial charge in [-0.05, 0) is 12.1 Å². The molecule has 0 bridgehead atoms. The molecule has 4 N–H and O–H groups in total. The highest BCUT2D eigenvalue weighted by Gasteiger charge is 2.17. The highest BCUT2D eigenvalue weighted by Crippen LogP contribution is 2.29. The Morgan fingerprint density at radius 1 is 1.33 bits per heavy atom. The molecule has 0 spiro atoms. The summed E-state index contributed by atoms with van der Waals surface area (Å²) in [5.41, 5.74) is 5.61. The zero-order valence-corrected chi connectivity index (χ0v) is 13.6. The number of anilines is 3. The highest BCUT2D eigenvalue weighted by molar-refractivity contribution is 6.32. The van der Waals surface area contributed by atoms with Gasteiger partial charge in [0, 0.05) is 26.2 Å². The van der Waals surface area contributed by atoms with Gasteiger partial charge in [-0.15, -0.1) is 0 Å². The van der Waals surface area contributed by atoms with Crippen LogP contribution < -0.4 is 26.0 Å². The molecular formula is C15H17ClN6O2. The second-order valence-electron chi connectivity index (χ2n) is 5.14. The number of rotatable bonds is 4. The molecule has 1 aliphatic rings. The standard InChI is InChI=1S/C15H17ClN6O2/c16-10-9-19-15(21-13(10)22-7-5-18-6-8-22)20-11-3-1-2-4-12(11)24-14(17)23/h1-4,9,18H,5-8H2,(H2,17,23)(H,19,20,21). The largest absolute Gasteiger partial charge is 0.410 e. The zero-order valence-electron chi connectivity index (χ0n) is 12.8. The van der Waals surface area contributed by atoms with Crippen molar-refractivity contribution in [1.82, 2.24) is 15.3 Å². The average molecular weight is 349 g/mol. The number of halogens is 1. The van der Waals surface area contributed by atoms with E-state index in [1.807, 2.05) is 0 Å². The van der Waals surface area contributed by atoms with Gasteiger partial charge >= 0.3 is 6.09 Å². The lowest BCUT2D eigenvalue weighted by Gasteiger charge is -2.29. The Bertz CT molecular complexity index is 736. The molecule has 0 atom stereocenters. The summed E-state index contributed by atoms with van der Waals surface area (Å²) in [6, 6.07) is 6.89. The van der Waals surface area contributed by atoms with Crippen LogP contribution in [0.1, 0.15) is 0 Å². The molecule has 3 rings (SSSR count). The minimum Gasteiger partial charge on any atom is -0.408 e. The van der Waals surface area contributed by atoms with Crippen LogP contribution in [0.15, 0.2) is 30.5 Å². The fourth-order valence-electron chi connectivity index (χ4n) is 2.40. The van der Waals surface area contributed by atoms with E-state index in [-0.39, 0.29) is 0 Å². The monoisotopic (exact) mass is 348 g/mol. The molecule has 0 saturated carbocycles. The van der Waals surface area contributed by atoms with E-state index in [2.05, 4.69) is 25.5 Å². The van der Waals surface area contributed by atoms with Gasteiger partial charge in [-0.25, -0.2) is 9.78 Å². The lowest BCUT2D eigenvalue weighted by molar-refractivity contribution is 0.211. The van der Waals surface area contributed by atoms with Gasteiger partial charge in [-0.3, -0.25) is 0 Å². The molecule has 9 heteroatoms. The number of hydrogen-bond acceptors (Lipinski definition) is 7. The van der Waals surface area contributed by atoms with Gasteiger partial charge in [0.1, 0.15) is 5.02 Å². The van der Waals surface area contributed by atoms with Crippen LogP contribution in [0.3, 0.4) is 0 Å². The average Bonchev–Trinajstić information content (AvgIpc) is 2.59. The van der Waals surface area contributed by atoms with Crippen molar-refractivity contribution in [2.75, 3.05) is 36.4 Å². The number of nitrogens with one attached hydrogen (secondary N) is 2. The fraction of sp³-hybridized carbons (Fsp3) is 0.267. The van der Waals surface area contributed by atoms with Gasteiger partial charge in [0.15, 0.2) is 11.6 Å². The van der Waals surface area contributed by atoms with Crippen molar-refractivity contribution < 1.29 is 9.53 Å². The number of amides is 1. The van der Waals surface area contributed by atoms with Crippen molar-refractivity contribution in [3.63, 3.8) is 0 Å². The summed E-state index contributed by atoms with van der Waals surface area (Å²) in [6.07, 6.45) is 0.661. The Kier molecular flexibility index (Phi) is 4.97. The van der Waals surface area contributed by atoms with Crippen molar-refractivity contribution in [1.29, 1.82) is 0 Å². The maximum Gasteiger partial charge on any atom is 0.410 e. The number of para-hydroxylation sites is 2. The van der Waals surface area contributed by atoms with Crippen LogP contribution in [0.2, 0.25) is 5.02 Å². The van der Waals surface area contributed by atoms with Crippen molar-refractivity contribution in [2.24, 2.45) is 5.73 Å². The van der Waals surface area contributed by atoms with Gasteiger partial charge in [-0.1, -0.05) is 23.7 Å². The number of piperazine rings is 1. The van der Waals surface area contributed by atoms with Gasteiger partial charge in [0.25, 0.3) is 0 Å². The summed E-state index contributed by atoms with van der Waals surface area (Å²) in [7, 11) is 0. The second-order valence-corrected chi connectivity index (χ2v) is 5.55. The first-order valence-corrected chi connectivity index (χ1v) is 7.83. The minimum atomic E-state index is -0.886. The first kappa shape index (κ1) is 16.3. The summed E-state index contributed by atoms with van der Waals surface area (Å²) in [6.45, 7) is 3.38. The third-order valence-corrected chi connectivity index (χ3v) is 3.75. The molecule has 1 saturated heterocycles. The predicted molar refractivity (Wildman–Crippen MR) is 92.1 cm³/mol. The number of carbonyl (C=O) groups excluding carboxylic acids is 1. The van der Waals surface area contributed by atoms with Crippen LogP contribution in [-0.4, -0.2) is 42.2 Å². The molecule has 126 valence electrons. The third kappa shape index (κ3) is 3.84. The molecule has 1 aliphatic heterocycles. The number of aromatic nitrogens is 2. The van der Waals surface area contributed by atoms with E-state index >= 15 is 0 Å². The van der Waals surface area contributed by atoms with Gasteiger partial charge in [-0.2, -0.15) is 4.98 Å². The summed E-state index contributed by atoms with van der Waals surface area (Å²) in [4.78, 5) is 21.7. The van der Waals surface area contributed by atoms with E-state index in [9.17, 15) is 4.79 Å². The maximum atomic E-state index is 11.0. The van der Waals surface area contributed by atoms with Crippen molar-refractivity contribution in [3.05, 3.63) is 35.5 Å². The number of benzene rings is 1. The van der Waals surface area contributed by atoms with Crippen LogP contribution in [0.5, 0.6) is 5.75 Å². The van der Waals surface area contributed by atoms with Crippen molar-refractivity contribution in [2.45, 2.75) is 0 Å². The zero-order chi connectivity index (χ0) is 16.9. The molecule has 0 radical (unpaired) electrons. The summed E-state index contributed by atoms with van der Waals surface area (Å²) < 4.78 is 4.96. The predicted octanol–water partition coefficient (Wildman–Crippen LogP) is 1.74. The fourth-order valence-corrected chi connectivity index (χ4v) is 2.62. The Hall–Kier alpha value is -2.58. The lowest BCUT2D eigenvalue weighted by Crippen LogP contribution is -2.44. The first-order valence-electron chi connectivity index (χ1n) is 7.45. The Labute approximate surface area is 144 Å². The molecule has 0 unspecified atom stereocenters. The van der Waals surface area contributed by atoms with Gasteiger partial charge in [0.05, 0.1) is 11.9 Å². The van der Waals surface area contributed by atoms with E-state index in [0.29, 0.717) is 28.2 Å². The highest BCUT2D eigenvalue weighted by atomic mass is 35.5. The van der Waals surface area contributed by atoms with E-state index < -0.39 is 6.09 Å². The summed E-state index contributed by atoms with van der Waals surface area (Å²) in [5, 5.41) is 6.80. The van der Waals surface area contributed by atoms with E-state index in [1.54, 1.807) is 30.5 Å². The molecule has 1 fully saturated rings. The van der Waals surface area contributed by atoms with Crippen molar-refractivity contribution >= 4 is 35.1 Å². The normalized spacial score (nSPS) is 14.3. The van der Waals surface area contributed by atoms with Crippen molar-refractivity contribution in [3.8, 4) is 5.75 Å². The molecule has 1 aromatic heterocycles. The molecule has 24 heavy (non-hydrogen) atoms. The second kappa shape index (κ2) is 7.33. The molecule has 2 heterocycles.